The van der Waals surface area contributed by atoms with E-state index in [4.69, 9.17) is 9.47 Å². The lowest BCUT2D eigenvalue weighted by molar-refractivity contribution is -0.120. The van der Waals surface area contributed by atoms with Crippen molar-refractivity contribution in [1.82, 2.24) is 14.9 Å². The number of anilines is 3. The number of fused-ring (bicyclic) bond motifs is 1. The Bertz CT molecular complexity index is 1440. The maximum atomic E-state index is 12.3. The van der Waals surface area contributed by atoms with Crippen LogP contribution in [-0.2, 0) is 9.53 Å². The van der Waals surface area contributed by atoms with Crippen LogP contribution in [0.4, 0.5) is 21.9 Å². The summed E-state index contributed by atoms with van der Waals surface area (Å²) >= 11 is 0. The third-order valence-electron chi connectivity index (χ3n) is 5.50. The van der Waals surface area contributed by atoms with Gasteiger partial charge in [-0.3, -0.25) is 10.1 Å². The highest BCUT2D eigenvalue weighted by Gasteiger charge is 2.17. The molecule has 0 aliphatic rings. The quantitative estimate of drug-likeness (QED) is 0.273. The molecule has 0 radical (unpaired) electrons. The van der Waals surface area contributed by atoms with Crippen molar-refractivity contribution in [3.63, 3.8) is 0 Å². The zero-order valence-electron chi connectivity index (χ0n) is 20.4. The summed E-state index contributed by atoms with van der Waals surface area (Å²) in [6.45, 7) is 3.83. The smallest absolute Gasteiger partial charge is 0.411 e. The molecule has 188 valence electrons. The first-order chi connectivity index (χ1) is 18.0. The highest BCUT2D eigenvalue weighted by molar-refractivity contribution is 5.92. The van der Waals surface area contributed by atoms with Crippen LogP contribution in [0.15, 0.2) is 67.0 Å². The maximum absolute atomic E-state index is 12.3. The molecule has 0 aliphatic heterocycles. The Labute approximate surface area is 213 Å². The minimum atomic E-state index is -0.659. The molecule has 10 nitrogen and oxygen atoms in total. The second-order valence-electron chi connectivity index (χ2n) is 8.03. The van der Waals surface area contributed by atoms with E-state index in [1.807, 2.05) is 61.5 Å². The van der Waals surface area contributed by atoms with Crippen LogP contribution in [0.25, 0.3) is 5.52 Å². The van der Waals surface area contributed by atoms with Crippen LogP contribution in [0.3, 0.4) is 0 Å². The van der Waals surface area contributed by atoms with Gasteiger partial charge < -0.3 is 20.1 Å². The van der Waals surface area contributed by atoms with E-state index in [1.54, 1.807) is 17.6 Å². The predicted molar refractivity (Wildman–Crippen MR) is 139 cm³/mol. The van der Waals surface area contributed by atoms with Gasteiger partial charge in [0.05, 0.1) is 41.4 Å². The minimum Gasteiger partial charge on any atom is -0.457 e. The Morgan fingerprint density at radius 2 is 1.81 bits per heavy atom. The van der Waals surface area contributed by atoms with Gasteiger partial charge in [-0.25, -0.2) is 9.31 Å². The third-order valence-corrected chi connectivity index (χ3v) is 5.50. The lowest BCUT2D eigenvalue weighted by Gasteiger charge is -2.12. The number of amides is 2. The molecule has 0 unspecified atom stereocenters. The zero-order chi connectivity index (χ0) is 26.2. The van der Waals surface area contributed by atoms with Gasteiger partial charge in [0, 0.05) is 17.7 Å². The summed E-state index contributed by atoms with van der Waals surface area (Å²) in [6, 6.07) is 19.0. The topological polar surface area (TPSA) is 130 Å². The molecule has 0 saturated carbocycles. The Hall–Kier alpha value is -5.04. The standard InChI is InChI=1S/C27H26N6O4/c1-3-24(34)29-13-14-36-27(35)32-23-17-33-26(18(23)2)25(19(15-28)16-30-33)31-20-9-11-22(12-10-20)37-21-7-5-4-6-8-21/h4-12,16-17,31H,3,13-14H2,1-2H3,(H,29,34)(H,32,35). The van der Waals surface area contributed by atoms with Crippen LogP contribution in [0.2, 0.25) is 0 Å². The van der Waals surface area contributed by atoms with Crippen molar-refractivity contribution >= 4 is 34.6 Å². The van der Waals surface area contributed by atoms with Crippen LogP contribution in [-0.4, -0.2) is 34.8 Å². The summed E-state index contributed by atoms with van der Waals surface area (Å²) < 4.78 is 12.6. The number of nitrogens with one attached hydrogen (secondary N) is 3. The first kappa shape index (κ1) is 25.1. The van der Waals surface area contributed by atoms with E-state index >= 15 is 0 Å². The number of nitriles is 1. The number of para-hydroxylation sites is 1. The summed E-state index contributed by atoms with van der Waals surface area (Å²) in [5.41, 5.74) is 3.46. The van der Waals surface area contributed by atoms with E-state index in [2.05, 4.69) is 27.1 Å². The molecule has 2 aromatic carbocycles. The van der Waals surface area contributed by atoms with Gasteiger partial charge in [0.1, 0.15) is 24.2 Å². The Balaban J connectivity index is 1.50. The number of carbonyl (C=O) groups is 2. The second-order valence-corrected chi connectivity index (χ2v) is 8.03. The zero-order valence-corrected chi connectivity index (χ0v) is 20.4. The van der Waals surface area contributed by atoms with Crippen molar-refractivity contribution in [2.75, 3.05) is 23.8 Å². The molecule has 0 bridgehead atoms. The van der Waals surface area contributed by atoms with Crippen molar-refractivity contribution < 1.29 is 19.1 Å². The van der Waals surface area contributed by atoms with Crippen molar-refractivity contribution in [3.8, 4) is 17.6 Å². The normalized spacial score (nSPS) is 10.4. The number of rotatable bonds is 9. The molecule has 3 N–H and O–H groups in total. The fourth-order valence-electron chi connectivity index (χ4n) is 3.61. The molecule has 0 atom stereocenters. The molecular formula is C27H26N6O4. The average Bonchev–Trinajstić information content (AvgIpc) is 3.23. The number of hydrogen-bond donors (Lipinski definition) is 3. The fourth-order valence-corrected chi connectivity index (χ4v) is 3.61. The minimum absolute atomic E-state index is 0.0393. The van der Waals surface area contributed by atoms with Gasteiger partial charge in [0.15, 0.2) is 0 Å². The van der Waals surface area contributed by atoms with Gasteiger partial charge in [0.2, 0.25) is 5.91 Å². The summed E-state index contributed by atoms with van der Waals surface area (Å²) in [6.07, 6.45) is 2.81. The first-order valence-electron chi connectivity index (χ1n) is 11.7. The monoisotopic (exact) mass is 498 g/mol. The summed E-state index contributed by atoms with van der Waals surface area (Å²) in [4.78, 5) is 23.5. The van der Waals surface area contributed by atoms with E-state index in [9.17, 15) is 14.9 Å². The highest BCUT2D eigenvalue weighted by Crippen LogP contribution is 2.33. The molecule has 4 aromatic rings. The molecule has 2 amide bonds. The van der Waals surface area contributed by atoms with Crippen molar-refractivity contribution in [1.29, 1.82) is 5.26 Å². The molecule has 4 rings (SSSR count). The molecular weight excluding hydrogens is 472 g/mol. The number of aryl methyl sites for hydroxylation is 1. The fraction of sp³-hybridized carbons (Fsp3) is 0.185. The lowest BCUT2D eigenvalue weighted by Crippen LogP contribution is -2.28. The van der Waals surface area contributed by atoms with Crippen LogP contribution in [0.5, 0.6) is 11.5 Å². The van der Waals surface area contributed by atoms with Gasteiger partial charge in [0.25, 0.3) is 0 Å². The summed E-state index contributed by atoms with van der Waals surface area (Å²) in [5.74, 6) is 1.30. The number of ether oxygens (including phenoxy) is 2. The largest absolute Gasteiger partial charge is 0.457 e. The first-order valence-corrected chi connectivity index (χ1v) is 11.7. The molecule has 0 spiro atoms. The molecule has 37 heavy (non-hydrogen) atoms. The average molecular weight is 499 g/mol. The Kier molecular flexibility index (Phi) is 7.85. The maximum Gasteiger partial charge on any atom is 0.411 e. The molecule has 0 aliphatic carbocycles. The number of aromatic nitrogens is 2. The van der Waals surface area contributed by atoms with E-state index in [1.165, 1.54) is 6.20 Å². The second kappa shape index (κ2) is 11.6. The number of nitrogens with zero attached hydrogens (tertiary/aromatic N) is 3. The summed E-state index contributed by atoms with van der Waals surface area (Å²) in [7, 11) is 0. The van der Waals surface area contributed by atoms with Gasteiger partial charge in [-0.2, -0.15) is 10.4 Å². The SMILES string of the molecule is CCC(=O)NCCOC(=O)Nc1cn2ncc(C#N)c(Nc3ccc(Oc4ccccc4)cc3)c2c1C. The highest BCUT2D eigenvalue weighted by atomic mass is 16.5. The predicted octanol–water partition coefficient (Wildman–Crippen LogP) is 5.13. The number of benzene rings is 2. The van der Waals surface area contributed by atoms with Crippen molar-refractivity contribution in [2.24, 2.45) is 0 Å². The van der Waals surface area contributed by atoms with Crippen molar-refractivity contribution in [3.05, 3.63) is 78.1 Å². The van der Waals surface area contributed by atoms with Gasteiger partial charge in [-0.15, -0.1) is 0 Å². The van der Waals surface area contributed by atoms with Crippen LogP contribution in [0.1, 0.15) is 24.5 Å². The third kappa shape index (κ3) is 6.15. The molecule has 0 fully saturated rings. The molecule has 10 heteroatoms. The molecule has 2 heterocycles. The van der Waals surface area contributed by atoms with Gasteiger partial charge >= 0.3 is 6.09 Å². The van der Waals surface area contributed by atoms with Crippen LogP contribution in [0, 0.1) is 18.3 Å². The van der Waals surface area contributed by atoms with Crippen LogP contribution < -0.4 is 20.7 Å². The van der Waals surface area contributed by atoms with E-state index in [0.29, 0.717) is 40.2 Å². The van der Waals surface area contributed by atoms with Crippen LogP contribution >= 0.6 is 0 Å². The Morgan fingerprint density at radius 1 is 1.08 bits per heavy atom. The molecule has 0 saturated heterocycles. The number of carbonyl (C=O) groups excluding carboxylic acids is 2. The van der Waals surface area contributed by atoms with Gasteiger partial charge in [-0.05, 0) is 43.3 Å². The van der Waals surface area contributed by atoms with Gasteiger partial charge in [-0.1, -0.05) is 25.1 Å². The number of hydrogen-bond acceptors (Lipinski definition) is 7. The Morgan fingerprint density at radius 3 is 2.51 bits per heavy atom. The van der Waals surface area contributed by atoms with Crippen molar-refractivity contribution in [2.45, 2.75) is 20.3 Å². The lowest BCUT2D eigenvalue weighted by atomic mass is 10.1. The van der Waals surface area contributed by atoms with E-state index in [0.717, 1.165) is 11.4 Å². The van der Waals surface area contributed by atoms with E-state index in [-0.39, 0.29) is 19.1 Å². The van der Waals surface area contributed by atoms with E-state index < -0.39 is 6.09 Å². The summed E-state index contributed by atoms with van der Waals surface area (Å²) in [5, 5.41) is 22.6. The molecule has 2 aromatic heterocycles.